The first-order chi connectivity index (χ1) is 11.3. The number of fused-ring (bicyclic) bond motifs is 2. The van der Waals surface area contributed by atoms with Crippen LogP contribution >= 0.6 is 11.6 Å². The molecule has 0 radical (unpaired) electrons. The zero-order valence-corrected chi connectivity index (χ0v) is 13.1. The second-order valence-corrected chi connectivity index (χ2v) is 5.72. The third-order valence-corrected chi connectivity index (χ3v) is 4.16. The summed E-state index contributed by atoms with van der Waals surface area (Å²) in [5, 5.41) is 7.04. The van der Waals surface area contributed by atoms with Crippen LogP contribution in [0.4, 0.5) is 5.82 Å². The first-order valence-electron chi connectivity index (χ1n) is 7.43. The normalized spacial score (nSPS) is 11.0. The van der Waals surface area contributed by atoms with Crippen molar-refractivity contribution in [2.45, 2.75) is 6.54 Å². The summed E-state index contributed by atoms with van der Waals surface area (Å²) in [4.78, 5) is 8.90. The highest BCUT2D eigenvalue weighted by Gasteiger charge is 2.05. The minimum atomic E-state index is 0.515. The maximum absolute atomic E-state index is 6.28. The van der Waals surface area contributed by atoms with E-state index in [0.717, 1.165) is 33.1 Å². The molecule has 3 nitrogen and oxygen atoms in total. The zero-order valence-electron chi connectivity index (χ0n) is 12.3. The summed E-state index contributed by atoms with van der Waals surface area (Å²) in [6, 6.07) is 20.2. The van der Waals surface area contributed by atoms with Crippen LogP contribution in [-0.2, 0) is 6.54 Å². The van der Waals surface area contributed by atoms with Crippen molar-refractivity contribution >= 4 is 39.1 Å². The predicted octanol–water partition coefficient (Wildman–Crippen LogP) is 5.05. The summed E-state index contributed by atoms with van der Waals surface area (Å²) in [6.45, 7) is 0.649. The highest BCUT2D eigenvalue weighted by atomic mass is 35.5. The van der Waals surface area contributed by atoms with Gasteiger partial charge in [-0.3, -0.25) is 4.98 Å². The Bertz CT molecular complexity index is 993. The van der Waals surface area contributed by atoms with E-state index in [-0.39, 0.29) is 0 Å². The van der Waals surface area contributed by atoms with Gasteiger partial charge in [0, 0.05) is 23.5 Å². The number of anilines is 1. The van der Waals surface area contributed by atoms with Crippen LogP contribution < -0.4 is 5.32 Å². The number of benzene rings is 2. The Morgan fingerprint density at radius 3 is 2.70 bits per heavy atom. The lowest BCUT2D eigenvalue weighted by Gasteiger charge is -2.10. The van der Waals surface area contributed by atoms with Crippen LogP contribution in [-0.4, -0.2) is 9.97 Å². The average molecular weight is 320 g/mol. The second-order valence-electron chi connectivity index (χ2n) is 5.37. The number of nitrogens with one attached hydrogen (secondary N) is 1. The van der Waals surface area contributed by atoms with Crippen LogP contribution in [0, 0.1) is 0 Å². The second kappa shape index (κ2) is 5.86. The lowest BCUT2D eigenvalue weighted by Crippen LogP contribution is -2.02. The van der Waals surface area contributed by atoms with E-state index in [1.54, 1.807) is 0 Å². The molecule has 0 bridgehead atoms. The molecule has 112 valence electrons. The minimum Gasteiger partial charge on any atom is -0.366 e. The highest BCUT2D eigenvalue weighted by molar-refractivity contribution is 6.34. The summed E-state index contributed by atoms with van der Waals surface area (Å²) >= 11 is 6.28. The number of pyridine rings is 2. The van der Waals surface area contributed by atoms with E-state index in [4.69, 9.17) is 11.6 Å². The van der Waals surface area contributed by atoms with E-state index in [9.17, 15) is 0 Å². The monoisotopic (exact) mass is 319 g/mol. The van der Waals surface area contributed by atoms with E-state index in [0.29, 0.717) is 11.7 Å². The molecule has 4 aromatic rings. The zero-order chi connectivity index (χ0) is 15.6. The molecule has 0 aliphatic carbocycles. The van der Waals surface area contributed by atoms with Gasteiger partial charge in [0.1, 0.15) is 11.0 Å². The Morgan fingerprint density at radius 2 is 1.74 bits per heavy atom. The van der Waals surface area contributed by atoms with Crippen molar-refractivity contribution in [1.29, 1.82) is 0 Å². The van der Waals surface area contributed by atoms with Crippen molar-refractivity contribution in [2.24, 2.45) is 0 Å². The summed E-state index contributed by atoms with van der Waals surface area (Å²) < 4.78 is 0. The van der Waals surface area contributed by atoms with E-state index >= 15 is 0 Å². The van der Waals surface area contributed by atoms with E-state index in [1.807, 2.05) is 48.7 Å². The molecule has 4 rings (SSSR count). The Kier molecular flexibility index (Phi) is 3.56. The maximum atomic E-state index is 6.28. The molecule has 4 heteroatoms. The van der Waals surface area contributed by atoms with Crippen molar-refractivity contribution < 1.29 is 0 Å². The number of nitrogens with zero attached hydrogens (tertiary/aromatic N) is 2. The Labute approximate surface area is 139 Å². The Balaban J connectivity index is 1.66. The van der Waals surface area contributed by atoms with Crippen LogP contribution in [0.2, 0.25) is 5.15 Å². The standard InChI is InChI=1S/C19H14ClN3/c20-19-16-9-2-1-5-14(16)11-17(23-19)22-12-15-7-3-6-13-8-4-10-21-18(13)15/h1-11H,12H2,(H,22,23). The fraction of sp³-hybridized carbons (Fsp3) is 0.0526. The van der Waals surface area contributed by atoms with Gasteiger partial charge in [-0.25, -0.2) is 4.98 Å². The van der Waals surface area contributed by atoms with Crippen molar-refractivity contribution in [3.8, 4) is 0 Å². The first kappa shape index (κ1) is 14.0. The van der Waals surface area contributed by atoms with Crippen molar-refractivity contribution in [3.63, 3.8) is 0 Å². The molecule has 0 amide bonds. The molecule has 1 N–H and O–H groups in total. The predicted molar refractivity (Wildman–Crippen MR) is 95.8 cm³/mol. The van der Waals surface area contributed by atoms with Gasteiger partial charge >= 0.3 is 0 Å². The van der Waals surface area contributed by atoms with Crippen LogP contribution in [0.1, 0.15) is 5.56 Å². The van der Waals surface area contributed by atoms with Gasteiger partial charge in [0.15, 0.2) is 0 Å². The summed E-state index contributed by atoms with van der Waals surface area (Å²) in [5.74, 6) is 0.765. The quantitative estimate of drug-likeness (QED) is 0.537. The minimum absolute atomic E-state index is 0.515. The largest absolute Gasteiger partial charge is 0.366 e. The van der Waals surface area contributed by atoms with Gasteiger partial charge in [-0.2, -0.15) is 0 Å². The molecule has 2 aromatic carbocycles. The molecule has 0 spiro atoms. The highest BCUT2D eigenvalue weighted by Crippen LogP contribution is 2.25. The molecule has 23 heavy (non-hydrogen) atoms. The van der Waals surface area contributed by atoms with Crippen LogP contribution in [0.5, 0.6) is 0 Å². The number of para-hydroxylation sites is 1. The van der Waals surface area contributed by atoms with E-state index in [1.165, 1.54) is 0 Å². The number of hydrogen-bond acceptors (Lipinski definition) is 3. The number of rotatable bonds is 3. The SMILES string of the molecule is Clc1nc(NCc2cccc3cccnc23)cc2ccccc12. The Hall–Kier alpha value is -2.65. The molecule has 2 heterocycles. The van der Waals surface area contributed by atoms with Gasteiger partial charge in [0.05, 0.1) is 5.52 Å². The lowest BCUT2D eigenvalue weighted by atomic mass is 10.1. The molecular weight excluding hydrogens is 306 g/mol. The molecule has 0 fully saturated rings. The summed E-state index contributed by atoms with van der Waals surface area (Å²) in [7, 11) is 0. The summed E-state index contributed by atoms with van der Waals surface area (Å²) in [6.07, 6.45) is 1.82. The van der Waals surface area contributed by atoms with Crippen LogP contribution in [0.3, 0.4) is 0 Å². The van der Waals surface area contributed by atoms with Gasteiger partial charge < -0.3 is 5.32 Å². The van der Waals surface area contributed by atoms with Crippen LogP contribution in [0.15, 0.2) is 66.9 Å². The third-order valence-electron chi connectivity index (χ3n) is 3.87. The number of halogens is 1. The lowest BCUT2D eigenvalue weighted by molar-refractivity contribution is 1.12. The molecule has 0 atom stereocenters. The molecule has 0 saturated carbocycles. The van der Waals surface area contributed by atoms with Crippen LogP contribution in [0.25, 0.3) is 21.7 Å². The first-order valence-corrected chi connectivity index (χ1v) is 7.81. The van der Waals surface area contributed by atoms with Gasteiger partial charge in [-0.1, -0.05) is 60.1 Å². The third kappa shape index (κ3) is 2.71. The maximum Gasteiger partial charge on any atom is 0.139 e. The number of hydrogen-bond donors (Lipinski definition) is 1. The fourth-order valence-corrected chi connectivity index (χ4v) is 3.01. The average Bonchev–Trinajstić information content (AvgIpc) is 2.60. The number of aromatic nitrogens is 2. The van der Waals surface area contributed by atoms with Gasteiger partial charge in [0.2, 0.25) is 0 Å². The Morgan fingerprint density at radius 1 is 0.913 bits per heavy atom. The molecule has 2 aromatic heterocycles. The molecular formula is C19H14ClN3. The van der Waals surface area contributed by atoms with E-state index in [2.05, 4.69) is 33.5 Å². The van der Waals surface area contributed by atoms with Gasteiger partial charge in [-0.15, -0.1) is 0 Å². The van der Waals surface area contributed by atoms with E-state index < -0.39 is 0 Å². The van der Waals surface area contributed by atoms with Crippen molar-refractivity contribution in [1.82, 2.24) is 9.97 Å². The summed E-state index contributed by atoms with van der Waals surface area (Å²) in [5.41, 5.74) is 2.14. The smallest absolute Gasteiger partial charge is 0.139 e. The molecule has 0 aliphatic heterocycles. The molecule has 0 aliphatic rings. The fourth-order valence-electron chi connectivity index (χ4n) is 2.74. The topological polar surface area (TPSA) is 37.8 Å². The van der Waals surface area contributed by atoms with Crippen molar-refractivity contribution in [2.75, 3.05) is 5.32 Å². The molecule has 0 unspecified atom stereocenters. The van der Waals surface area contributed by atoms with Gasteiger partial charge in [-0.05, 0) is 23.1 Å². The van der Waals surface area contributed by atoms with Gasteiger partial charge in [0.25, 0.3) is 0 Å². The molecule has 0 saturated heterocycles. The van der Waals surface area contributed by atoms with Crippen molar-refractivity contribution in [3.05, 3.63) is 77.6 Å².